The molecule has 2 aromatic heterocycles. The van der Waals surface area contributed by atoms with Crippen LogP contribution in [0.1, 0.15) is 22.3 Å². The summed E-state index contributed by atoms with van der Waals surface area (Å²) in [5.74, 6) is 2.37. The molecule has 4 heteroatoms. The third kappa shape index (κ3) is 4.62. The first-order valence-electron chi connectivity index (χ1n) is 19.4. The maximum absolute atomic E-state index is 6.85. The van der Waals surface area contributed by atoms with Gasteiger partial charge in [-0.15, -0.1) is 0 Å². The van der Waals surface area contributed by atoms with Crippen LogP contribution in [0.25, 0.3) is 72.5 Å². The van der Waals surface area contributed by atoms with Gasteiger partial charge in [0.15, 0.2) is 5.82 Å². The number of rotatable bonds is 4. The van der Waals surface area contributed by atoms with Crippen LogP contribution in [0.4, 0.5) is 0 Å². The van der Waals surface area contributed by atoms with Gasteiger partial charge in [-0.2, -0.15) is 0 Å². The highest BCUT2D eigenvalue weighted by Gasteiger charge is 2.50. The Balaban J connectivity index is 1.02. The Labute approximate surface area is 330 Å². The summed E-state index contributed by atoms with van der Waals surface area (Å²) in [4.78, 5) is 10.4. The molecule has 266 valence electrons. The third-order valence-corrected chi connectivity index (χ3v) is 11.9. The summed E-state index contributed by atoms with van der Waals surface area (Å²) in [6, 6.07) is 71.1. The molecule has 3 heterocycles. The van der Waals surface area contributed by atoms with Crippen LogP contribution in [0, 0.1) is 0 Å². The molecule has 1 spiro atoms. The predicted octanol–water partition coefficient (Wildman–Crippen LogP) is 13.0. The van der Waals surface area contributed by atoms with E-state index in [0.717, 1.165) is 56.4 Å². The number of para-hydroxylation sites is 3. The Morgan fingerprint density at radius 1 is 0.386 bits per heavy atom. The van der Waals surface area contributed by atoms with Crippen LogP contribution in [0.3, 0.4) is 0 Å². The van der Waals surface area contributed by atoms with E-state index in [-0.39, 0.29) is 0 Å². The zero-order chi connectivity index (χ0) is 37.5. The molecule has 4 nitrogen and oxygen atoms in total. The van der Waals surface area contributed by atoms with Gasteiger partial charge in [0.05, 0.1) is 27.8 Å². The van der Waals surface area contributed by atoms with Gasteiger partial charge in [0.1, 0.15) is 11.5 Å². The molecule has 0 unspecified atom stereocenters. The summed E-state index contributed by atoms with van der Waals surface area (Å²) >= 11 is 0. The highest BCUT2D eigenvalue weighted by atomic mass is 16.5. The second kappa shape index (κ2) is 12.2. The minimum Gasteiger partial charge on any atom is -0.457 e. The van der Waals surface area contributed by atoms with Crippen molar-refractivity contribution in [3.05, 3.63) is 222 Å². The Kier molecular flexibility index (Phi) is 6.81. The van der Waals surface area contributed by atoms with E-state index in [1.54, 1.807) is 0 Å². The third-order valence-electron chi connectivity index (χ3n) is 11.9. The van der Waals surface area contributed by atoms with Crippen molar-refractivity contribution < 1.29 is 4.74 Å². The lowest BCUT2D eigenvalue weighted by molar-refractivity contribution is 0.436. The molecular weight excluding hydrogens is 695 g/mol. The molecule has 0 radical (unpaired) electrons. The van der Waals surface area contributed by atoms with Crippen LogP contribution in [-0.2, 0) is 5.41 Å². The van der Waals surface area contributed by atoms with Crippen molar-refractivity contribution in [1.82, 2.24) is 14.5 Å². The fourth-order valence-corrected chi connectivity index (χ4v) is 9.46. The van der Waals surface area contributed by atoms with Gasteiger partial charge in [0, 0.05) is 44.3 Å². The van der Waals surface area contributed by atoms with Crippen molar-refractivity contribution in [3.8, 4) is 62.2 Å². The highest BCUT2D eigenvalue weighted by molar-refractivity contribution is 6.09. The second-order valence-electron chi connectivity index (χ2n) is 14.9. The minimum atomic E-state index is -0.514. The Morgan fingerprint density at radius 3 is 1.60 bits per heavy atom. The zero-order valence-electron chi connectivity index (χ0n) is 30.8. The van der Waals surface area contributed by atoms with E-state index in [4.69, 9.17) is 14.7 Å². The molecule has 0 saturated heterocycles. The van der Waals surface area contributed by atoms with Crippen molar-refractivity contribution in [2.24, 2.45) is 0 Å². The van der Waals surface area contributed by atoms with Gasteiger partial charge >= 0.3 is 0 Å². The summed E-state index contributed by atoms with van der Waals surface area (Å²) < 4.78 is 9.19. The fourth-order valence-electron chi connectivity index (χ4n) is 9.46. The van der Waals surface area contributed by atoms with Gasteiger partial charge in [0.25, 0.3) is 0 Å². The van der Waals surface area contributed by atoms with Gasteiger partial charge < -0.3 is 9.30 Å². The molecule has 1 aliphatic heterocycles. The van der Waals surface area contributed by atoms with Gasteiger partial charge in [0.2, 0.25) is 0 Å². The van der Waals surface area contributed by atoms with E-state index >= 15 is 0 Å². The minimum absolute atomic E-state index is 0.514. The van der Waals surface area contributed by atoms with Gasteiger partial charge in [-0.3, -0.25) is 0 Å². The zero-order valence-corrected chi connectivity index (χ0v) is 30.8. The van der Waals surface area contributed by atoms with Crippen molar-refractivity contribution in [3.63, 3.8) is 0 Å². The van der Waals surface area contributed by atoms with Crippen LogP contribution in [0.5, 0.6) is 11.5 Å². The number of nitrogens with zero attached hydrogens (tertiary/aromatic N) is 3. The van der Waals surface area contributed by atoms with Gasteiger partial charge in [-0.1, -0.05) is 158 Å². The predicted molar refractivity (Wildman–Crippen MR) is 230 cm³/mol. The summed E-state index contributed by atoms with van der Waals surface area (Å²) in [5, 5.41) is 2.49. The van der Waals surface area contributed by atoms with E-state index in [1.165, 1.54) is 44.1 Å². The molecule has 10 aromatic rings. The average molecular weight is 728 g/mol. The quantitative estimate of drug-likeness (QED) is 0.181. The molecule has 2 aliphatic rings. The molecule has 12 rings (SSSR count). The molecule has 0 N–H and O–H groups in total. The van der Waals surface area contributed by atoms with E-state index in [0.29, 0.717) is 5.82 Å². The number of hydrogen-bond donors (Lipinski definition) is 0. The number of ether oxygens (including phenoxy) is 1. The molecule has 0 bridgehead atoms. The fraction of sp³-hybridized carbons (Fsp3) is 0.0189. The normalized spacial score (nSPS) is 13.2. The molecule has 57 heavy (non-hydrogen) atoms. The Bertz CT molecular complexity index is 3120. The Hall–Kier alpha value is -7.56. The van der Waals surface area contributed by atoms with E-state index in [2.05, 4.69) is 187 Å². The van der Waals surface area contributed by atoms with Crippen molar-refractivity contribution in [2.45, 2.75) is 5.41 Å². The summed E-state index contributed by atoms with van der Waals surface area (Å²) in [6.07, 6.45) is 0. The summed E-state index contributed by atoms with van der Waals surface area (Å²) in [7, 11) is 0. The van der Waals surface area contributed by atoms with Crippen molar-refractivity contribution >= 4 is 21.8 Å². The summed E-state index contributed by atoms with van der Waals surface area (Å²) in [6.45, 7) is 0. The van der Waals surface area contributed by atoms with Gasteiger partial charge in [-0.05, 0) is 64.7 Å². The number of aromatic nitrogens is 3. The lowest BCUT2D eigenvalue weighted by Crippen LogP contribution is -2.32. The first kappa shape index (κ1) is 31.8. The molecule has 0 amide bonds. The molecule has 0 saturated carbocycles. The smallest absolute Gasteiger partial charge is 0.160 e. The monoisotopic (exact) mass is 727 g/mol. The largest absolute Gasteiger partial charge is 0.457 e. The molecule has 8 aromatic carbocycles. The Morgan fingerprint density at radius 2 is 0.912 bits per heavy atom. The van der Waals surface area contributed by atoms with Crippen LogP contribution in [0.15, 0.2) is 200 Å². The second-order valence-corrected chi connectivity index (χ2v) is 14.9. The first-order valence-corrected chi connectivity index (χ1v) is 19.4. The lowest BCUT2D eigenvalue weighted by atomic mass is 9.66. The molecule has 1 aliphatic carbocycles. The van der Waals surface area contributed by atoms with Crippen LogP contribution >= 0.6 is 0 Å². The van der Waals surface area contributed by atoms with Gasteiger partial charge in [-0.25, -0.2) is 9.97 Å². The number of benzene rings is 8. The topological polar surface area (TPSA) is 39.9 Å². The average Bonchev–Trinajstić information content (AvgIpc) is 3.77. The van der Waals surface area contributed by atoms with Crippen LogP contribution in [0.2, 0.25) is 0 Å². The molecule has 0 atom stereocenters. The number of hydrogen-bond acceptors (Lipinski definition) is 3. The SMILES string of the molecule is c1ccc(-c2nc(-c3ccc(-n4c5ccccc5c5ccccc54)cc3)cc(-c3ccc4c(c3)Oc3ccccc3C43c4ccccc4-c4ccccc43)n2)cc1. The van der Waals surface area contributed by atoms with E-state index in [1.807, 2.05) is 18.2 Å². The lowest BCUT2D eigenvalue weighted by Gasteiger charge is -2.39. The maximum atomic E-state index is 6.85. The summed E-state index contributed by atoms with van der Waals surface area (Å²) in [5.41, 5.74) is 14.9. The standard InChI is InChI=1S/C53H33N3O/c1-2-14-35(15-3-1)52-54-46(34-26-29-37(30-27-34)56-48-23-11-6-18-40(48)41-19-7-12-24-49(41)56)33-47(55-52)36-28-31-45-51(32-36)57-50-25-13-10-22-44(50)53(45)42-20-8-4-16-38(42)39-17-5-9-21-43(39)53/h1-33H. The molecule has 0 fully saturated rings. The van der Waals surface area contributed by atoms with E-state index < -0.39 is 5.41 Å². The van der Waals surface area contributed by atoms with Crippen molar-refractivity contribution in [2.75, 3.05) is 0 Å². The first-order chi connectivity index (χ1) is 28.3. The van der Waals surface area contributed by atoms with Crippen LogP contribution < -0.4 is 4.74 Å². The van der Waals surface area contributed by atoms with Crippen LogP contribution in [-0.4, -0.2) is 14.5 Å². The van der Waals surface area contributed by atoms with E-state index in [9.17, 15) is 0 Å². The maximum Gasteiger partial charge on any atom is 0.160 e. The molecular formula is C53H33N3O. The highest BCUT2D eigenvalue weighted by Crippen LogP contribution is 2.62. The van der Waals surface area contributed by atoms with Crippen molar-refractivity contribution in [1.29, 1.82) is 0 Å². The number of fused-ring (bicyclic) bond motifs is 12.